The third-order valence-corrected chi connectivity index (χ3v) is 7.88. The Morgan fingerprint density at radius 2 is 1.76 bits per heavy atom. The van der Waals surface area contributed by atoms with Crippen molar-refractivity contribution in [2.75, 3.05) is 32.8 Å². The zero-order chi connectivity index (χ0) is 19.6. The second-order valence-electron chi connectivity index (χ2n) is 10.2. The van der Waals surface area contributed by atoms with Crippen LogP contribution in [-0.2, 0) is 4.74 Å². The lowest BCUT2D eigenvalue weighted by Crippen LogP contribution is -2.68. The Morgan fingerprint density at radius 1 is 1.03 bits per heavy atom. The van der Waals surface area contributed by atoms with Gasteiger partial charge in [0.05, 0.1) is 6.10 Å². The number of ether oxygens (including phenoxy) is 1. The van der Waals surface area contributed by atoms with Crippen LogP contribution in [0.3, 0.4) is 0 Å². The van der Waals surface area contributed by atoms with Gasteiger partial charge in [0.15, 0.2) is 5.96 Å². The van der Waals surface area contributed by atoms with Crippen LogP contribution in [0.25, 0.3) is 0 Å². The minimum Gasteiger partial charge on any atom is -0.377 e. The Bertz CT molecular complexity index is 541. The number of aliphatic imine (C=N–C) groups is 1. The van der Waals surface area contributed by atoms with Crippen LogP contribution < -0.4 is 10.6 Å². The van der Waals surface area contributed by atoms with Gasteiger partial charge in [0.2, 0.25) is 0 Å². The molecule has 168 valence electrons. The van der Waals surface area contributed by atoms with Gasteiger partial charge in [-0.1, -0.05) is 33.1 Å². The summed E-state index contributed by atoms with van der Waals surface area (Å²) in [5.41, 5.74) is 0.195. The van der Waals surface area contributed by atoms with E-state index >= 15 is 0 Å². The quantitative estimate of drug-likeness (QED) is 0.328. The predicted octanol–water partition coefficient (Wildman–Crippen LogP) is 4.02. The highest BCUT2D eigenvalue weighted by Crippen LogP contribution is 2.52. The average Bonchev–Trinajstić information content (AvgIpc) is 3.16. The van der Waals surface area contributed by atoms with Gasteiger partial charge in [0, 0.05) is 56.2 Å². The van der Waals surface area contributed by atoms with Gasteiger partial charge in [0.25, 0.3) is 0 Å². The number of nitrogens with one attached hydrogen (secondary N) is 2. The molecule has 4 fully saturated rings. The molecule has 0 amide bonds. The van der Waals surface area contributed by atoms with Gasteiger partial charge in [0.1, 0.15) is 0 Å². The molecule has 0 aromatic heterocycles. The molecule has 29 heavy (non-hydrogen) atoms. The van der Waals surface area contributed by atoms with Crippen LogP contribution >= 0.6 is 24.0 Å². The predicted molar refractivity (Wildman–Crippen MR) is 131 cm³/mol. The number of rotatable bonds is 5. The monoisotopic (exact) mass is 518 g/mol. The van der Waals surface area contributed by atoms with Crippen molar-refractivity contribution >= 4 is 29.9 Å². The molecule has 0 spiro atoms. The number of hydrogen-bond acceptors (Lipinski definition) is 3. The fourth-order valence-corrected chi connectivity index (χ4v) is 6.24. The lowest BCUT2D eigenvalue weighted by atomic mass is 9.57. The molecule has 2 aliphatic carbocycles. The maximum Gasteiger partial charge on any atom is 0.191 e. The molecule has 3 unspecified atom stereocenters. The van der Waals surface area contributed by atoms with Gasteiger partial charge >= 0.3 is 0 Å². The molecule has 2 saturated heterocycles. The first-order valence-electron chi connectivity index (χ1n) is 12.0. The molecule has 2 heterocycles. The lowest BCUT2D eigenvalue weighted by molar-refractivity contribution is -0.106. The van der Waals surface area contributed by atoms with Crippen molar-refractivity contribution in [3.05, 3.63) is 0 Å². The van der Waals surface area contributed by atoms with Crippen molar-refractivity contribution in [3.8, 4) is 0 Å². The SMILES string of the molecule is CCN=C(NC1CCN(CC2CCCCC2)CC1)NC1C2CCOC2C1(C)C.I. The van der Waals surface area contributed by atoms with Crippen LogP contribution in [0.4, 0.5) is 0 Å². The maximum atomic E-state index is 5.96. The fraction of sp³-hybridized carbons (Fsp3) is 0.957. The average molecular weight is 519 g/mol. The molecule has 5 nitrogen and oxygen atoms in total. The normalized spacial score (nSPS) is 33.5. The van der Waals surface area contributed by atoms with E-state index in [1.54, 1.807) is 0 Å². The highest BCUT2D eigenvalue weighted by atomic mass is 127. The van der Waals surface area contributed by atoms with Gasteiger partial charge in [-0.15, -0.1) is 24.0 Å². The van der Waals surface area contributed by atoms with Gasteiger partial charge in [-0.05, 0) is 44.9 Å². The van der Waals surface area contributed by atoms with Gasteiger partial charge < -0.3 is 20.3 Å². The summed E-state index contributed by atoms with van der Waals surface area (Å²) in [4.78, 5) is 7.49. The van der Waals surface area contributed by atoms with E-state index in [1.165, 1.54) is 71.0 Å². The lowest BCUT2D eigenvalue weighted by Gasteiger charge is -2.55. The van der Waals surface area contributed by atoms with Gasteiger partial charge in [-0.2, -0.15) is 0 Å². The van der Waals surface area contributed by atoms with Crippen LogP contribution in [0.15, 0.2) is 4.99 Å². The highest BCUT2D eigenvalue weighted by molar-refractivity contribution is 14.0. The van der Waals surface area contributed by atoms with E-state index < -0.39 is 0 Å². The standard InChI is InChI=1S/C23H42N4O.HI/c1-4-24-22(26-20-19-12-15-28-21(19)23(20,2)3)25-18-10-13-27(14-11-18)16-17-8-6-5-7-9-17;/h17-21H,4-16H2,1-3H3,(H2,24,25,26);1H. The maximum absolute atomic E-state index is 5.96. The van der Waals surface area contributed by atoms with Crippen LogP contribution in [0.2, 0.25) is 0 Å². The summed E-state index contributed by atoms with van der Waals surface area (Å²) in [6.45, 7) is 12.4. The van der Waals surface area contributed by atoms with E-state index in [2.05, 4.69) is 36.3 Å². The molecule has 6 heteroatoms. The Balaban J connectivity index is 0.00000240. The molecule has 0 bridgehead atoms. The van der Waals surface area contributed by atoms with Crippen molar-refractivity contribution in [3.63, 3.8) is 0 Å². The number of piperidine rings is 1. The summed E-state index contributed by atoms with van der Waals surface area (Å²) in [5, 5.41) is 7.55. The van der Waals surface area contributed by atoms with Crippen LogP contribution in [-0.4, -0.2) is 61.8 Å². The van der Waals surface area contributed by atoms with E-state index in [4.69, 9.17) is 9.73 Å². The highest BCUT2D eigenvalue weighted by Gasteiger charge is 2.59. The van der Waals surface area contributed by atoms with Crippen molar-refractivity contribution < 1.29 is 4.74 Å². The Hall–Kier alpha value is -0.0800. The summed E-state index contributed by atoms with van der Waals surface area (Å²) in [7, 11) is 0. The minimum absolute atomic E-state index is 0. The van der Waals surface area contributed by atoms with Gasteiger partial charge in [-0.3, -0.25) is 4.99 Å². The topological polar surface area (TPSA) is 48.9 Å². The minimum atomic E-state index is 0. The zero-order valence-corrected chi connectivity index (χ0v) is 21.1. The zero-order valence-electron chi connectivity index (χ0n) is 18.8. The third kappa shape index (κ3) is 5.40. The molecular weight excluding hydrogens is 475 g/mol. The van der Waals surface area contributed by atoms with E-state index in [9.17, 15) is 0 Å². The molecule has 4 rings (SSSR count). The second-order valence-corrected chi connectivity index (χ2v) is 10.2. The number of guanidine groups is 1. The van der Waals surface area contributed by atoms with Crippen molar-refractivity contribution in [2.45, 2.75) is 90.3 Å². The van der Waals surface area contributed by atoms with Crippen LogP contribution in [0.1, 0.15) is 72.1 Å². The Kier molecular flexibility index (Phi) is 8.53. The molecule has 0 aromatic carbocycles. The van der Waals surface area contributed by atoms with Crippen molar-refractivity contribution in [1.82, 2.24) is 15.5 Å². The molecule has 0 aromatic rings. The molecule has 2 aliphatic heterocycles. The first kappa shape index (κ1) is 23.6. The van der Waals surface area contributed by atoms with Crippen LogP contribution in [0, 0.1) is 17.3 Å². The number of fused-ring (bicyclic) bond motifs is 1. The smallest absolute Gasteiger partial charge is 0.191 e. The first-order valence-corrected chi connectivity index (χ1v) is 12.0. The third-order valence-electron chi connectivity index (χ3n) is 7.88. The van der Waals surface area contributed by atoms with Gasteiger partial charge in [-0.25, -0.2) is 0 Å². The summed E-state index contributed by atoms with van der Waals surface area (Å²) in [5.74, 6) is 2.63. The van der Waals surface area contributed by atoms with Crippen molar-refractivity contribution in [2.24, 2.45) is 22.2 Å². The summed E-state index contributed by atoms with van der Waals surface area (Å²) >= 11 is 0. The molecule has 0 radical (unpaired) electrons. The fourth-order valence-electron chi connectivity index (χ4n) is 6.24. The Morgan fingerprint density at radius 3 is 2.45 bits per heavy atom. The van der Waals surface area contributed by atoms with E-state index in [0.717, 1.165) is 25.0 Å². The molecule has 2 N–H and O–H groups in total. The molecule has 3 atom stereocenters. The number of nitrogens with zero attached hydrogens (tertiary/aromatic N) is 2. The number of halogens is 1. The van der Waals surface area contributed by atoms with Crippen LogP contribution in [0.5, 0.6) is 0 Å². The second kappa shape index (κ2) is 10.5. The van der Waals surface area contributed by atoms with Crippen molar-refractivity contribution in [1.29, 1.82) is 0 Å². The van der Waals surface area contributed by atoms with E-state index in [-0.39, 0.29) is 29.4 Å². The molecular formula is C23H43IN4O. The molecule has 4 aliphatic rings. The van der Waals surface area contributed by atoms with E-state index in [0.29, 0.717) is 24.1 Å². The summed E-state index contributed by atoms with van der Waals surface area (Å²) in [6.07, 6.45) is 11.4. The summed E-state index contributed by atoms with van der Waals surface area (Å²) in [6, 6.07) is 1.03. The largest absolute Gasteiger partial charge is 0.377 e. The first-order chi connectivity index (χ1) is 13.6. The summed E-state index contributed by atoms with van der Waals surface area (Å²) < 4.78 is 5.96. The molecule has 2 saturated carbocycles. The number of hydrogen-bond donors (Lipinski definition) is 2. The Labute approximate surface area is 195 Å². The number of likely N-dealkylation sites (tertiary alicyclic amines) is 1. The van der Waals surface area contributed by atoms with E-state index in [1.807, 2.05) is 0 Å².